The van der Waals surface area contributed by atoms with Crippen LogP contribution < -0.4 is 9.80 Å². The molecule has 2 aromatic rings. The fraction of sp³-hybridized carbons (Fsp3) is 0.550. The van der Waals surface area contributed by atoms with Gasteiger partial charge >= 0.3 is 0 Å². The summed E-state index contributed by atoms with van der Waals surface area (Å²) in [6.45, 7) is 9.19. The SMILES string of the molecule is Cc1cc(N2CCCC(C)C2)nc(N2CCN(C(=O)c3ccco3)CC2)n1. The topological polar surface area (TPSA) is 65.7 Å². The van der Waals surface area contributed by atoms with Crippen LogP contribution in [0.15, 0.2) is 28.9 Å². The van der Waals surface area contributed by atoms with Gasteiger partial charge in [-0.05, 0) is 37.8 Å². The summed E-state index contributed by atoms with van der Waals surface area (Å²) in [6, 6.07) is 5.54. The number of piperidine rings is 1. The standard InChI is InChI=1S/C20H27N5O2/c1-15-5-3-7-25(14-15)18-13-16(2)21-20(22-18)24-10-8-23(9-11-24)19(26)17-6-4-12-27-17/h4,6,12-13,15H,3,5,7-11,14H2,1-2H3. The van der Waals surface area contributed by atoms with Gasteiger partial charge in [0.25, 0.3) is 5.91 Å². The van der Waals surface area contributed by atoms with Gasteiger partial charge in [-0.3, -0.25) is 4.79 Å². The number of aryl methyl sites for hydroxylation is 1. The Labute approximate surface area is 160 Å². The Kier molecular flexibility index (Phi) is 5.01. The van der Waals surface area contributed by atoms with E-state index in [-0.39, 0.29) is 5.91 Å². The zero-order valence-corrected chi connectivity index (χ0v) is 16.1. The van der Waals surface area contributed by atoms with Crippen LogP contribution in [0.5, 0.6) is 0 Å². The molecule has 2 saturated heterocycles. The minimum Gasteiger partial charge on any atom is -0.459 e. The van der Waals surface area contributed by atoms with E-state index in [9.17, 15) is 4.79 Å². The highest BCUT2D eigenvalue weighted by Gasteiger charge is 2.26. The molecule has 0 aliphatic carbocycles. The summed E-state index contributed by atoms with van der Waals surface area (Å²) in [5.74, 6) is 2.85. The number of anilines is 2. The van der Waals surface area contributed by atoms with E-state index in [0.717, 1.165) is 43.6 Å². The van der Waals surface area contributed by atoms with E-state index in [2.05, 4.69) is 27.8 Å². The molecule has 144 valence electrons. The Morgan fingerprint density at radius 2 is 1.96 bits per heavy atom. The number of rotatable bonds is 3. The van der Waals surface area contributed by atoms with E-state index in [0.29, 0.717) is 24.8 Å². The molecule has 1 atom stereocenters. The molecule has 2 aliphatic heterocycles. The summed E-state index contributed by atoms with van der Waals surface area (Å²) in [4.78, 5) is 28.3. The average Bonchev–Trinajstić information content (AvgIpc) is 3.22. The van der Waals surface area contributed by atoms with Crippen LogP contribution in [0.1, 0.15) is 36.0 Å². The molecule has 2 aromatic heterocycles. The molecule has 4 rings (SSSR count). The van der Waals surface area contributed by atoms with E-state index >= 15 is 0 Å². The lowest BCUT2D eigenvalue weighted by Crippen LogP contribution is -2.49. The van der Waals surface area contributed by atoms with Gasteiger partial charge in [-0.25, -0.2) is 4.98 Å². The number of carbonyl (C=O) groups excluding carboxylic acids is 1. The third-order valence-corrected chi connectivity index (χ3v) is 5.39. The van der Waals surface area contributed by atoms with Gasteiger partial charge in [-0.15, -0.1) is 0 Å². The van der Waals surface area contributed by atoms with Crippen molar-refractivity contribution in [1.29, 1.82) is 0 Å². The van der Waals surface area contributed by atoms with Crippen LogP contribution in [0, 0.1) is 12.8 Å². The quantitative estimate of drug-likeness (QED) is 0.828. The molecule has 4 heterocycles. The molecule has 0 spiro atoms. The summed E-state index contributed by atoms with van der Waals surface area (Å²) in [5.41, 5.74) is 0.988. The smallest absolute Gasteiger partial charge is 0.289 e. The van der Waals surface area contributed by atoms with Crippen LogP contribution in [0.2, 0.25) is 0 Å². The van der Waals surface area contributed by atoms with Crippen molar-refractivity contribution < 1.29 is 9.21 Å². The lowest BCUT2D eigenvalue weighted by atomic mass is 10.0. The minimum atomic E-state index is -0.0483. The highest BCUT2D eigenvalue weighted by atomic mass is 16.3. The van der Waals surface area contributed by atoms with Crippen LogP contribution in [-0.4, -0.2) is 60.0 Å². The minimum absolute atomic E-state index is 0.0483. The molecule has 27 heavy (non-hydrogen) atoms. The molecule has 0 N–H and O–H groups in total. The van der Waals surface area contributed by atoms with E-state index < -0.39 is 0 Å². The number of aromatic nitrogens is 2. The summed E-state index contributed by atoms with van der Waals surface area (Å²) in [5, 5.41) is 0. The third kappa shape index (κ3) is 3.91. The molecule has 0 saturated carbocycles. The van der Waals surface area contributed by atoms with Crippen LogP contribution in [0.3, 0.4) is 0 Å². The van der Waals surface area contributed by atoms with Crippen LogP contribution in [-0.2, 0) is 0 Å². The molecule has 1 amide bonds. The maximum absolute atomic E-state index is 12.4. The van der Waals surface area contributed by atoms with Crippen molar-refractivity contribution in [3.8, 4) is 0 Å². The average molecular weight is 369 g/mol. The van der Waals surface area contributed by atoms with Crippen LogP contribution in [0.25, 0.3) is 0 Å². The fourth-order valence-corrected chi connectivity index (χ4v) is 3.90. The molecule has 0 bridgehead atoms. The summed E-state index contributed by atoms with van der Waals surface area (Å²) in [6.07, 6.45) is 4.04. The number of furan rings is 1. The third-order valence-electron chi connectivity index (χ3n) is 5.39. The van der Waals surface area contributed by atoms with Gasteiger partial charge in [0.05, 0.1) is 6.26 Å². The van der Waals surface area contributed by atoms with Crippen LogP contribution >= 0.6 is 0 Å². The molecular weight excluding hydrogens is 342 g/mol. The van der Waals surface area contributed by atoms with Crippen molar-refractivity contribution in [3.63, 3.8) is 0 Å². The monoisotopic (exact) mass is 369 g/mol. The van der Waals surface area contributed by atoms with Crippen molar-refractivity contribution in [1.82, 2.24) is 14.9 Å². The number of nitrogens with zero attached hydrogens (tertiary/aromatic N) is 5. The second-order valence-corrected chi connectivity index (χ2v) is 7.62. The van der Waals surface area contributed by atoms with Gasteiger partial charge in [0.15, 0.2) is 5.76 Å². The Bertz CT molecular complexity index is 784. The molecule has 0 radical (unpaired) electrons. The Balaban J connectivity index is 1.44. The first-order chi connectivity index (χ1) is 13.1. The number of amides is 1. The lowest BCUT2D eigenvalue weighted by molar-refractivity contribution is 0.0714. The first-order valence-corrected chi connectivity index (χ1v) is 9.78. The maximum atomic E-state index is 12.4. The molecule has 7 heteroatoms. The summed E-state index contributed by atoms with van der Waals surface area (Å²) in [7, 11) is 0. The molecule has 2 fully saturated rings. The lowest BCUT2D eigenvalue weighted by Gasteiger charge is -2.36. The first kappa shape index (κ1) is 17.8. The van der Waals surface area contributed by atoms with Crippen molar-refractivity contribution in [2.75, 3.05) is 49.1 Å². The molecular formula is C20H27N5O2. The highest BCUT2D eigenvalue weighted by molar-refractivity contribution is 5.91. The number of piperazine rings is 1. The van der Waals surface area contributed by atoms with Gasteiger partial charge < -0.3 is 19.1 Å². The maximum Gasteiger partial charge on any atom is 0.289 e. The zero-order valence-electron chi connectivity index (χ0n) is 16.1. The Morgan fingerprint density at radius 3 is 2.67 bits per heavy atom. The van der Waals surface area contributed by atoms with E-state index in [4.69, 9.17) is 9.40 Å². The summed E-state index contributed by atoms with van der Waals surface area (Å²) >= 11 is 0. The first-order valence-electron chi connectivity index (χ1n) is 9.78. The highest BCUT2D eigenvalue weighted by Crippen LogP contribution is 2.24. The van der Waals surface area contributed by atoms with E-state index in [1.54, 1.807) is 12.1 Å². The Morgan fingerprint density at radius 1 is 1.15 bits per heavy atom. The second kappa shape index (κ2) is 7.58. The van der Waals surface area contributed by atoms with Crippen molar-refractivity contribution in [2.45, 2.75) is 26.7 Å². The molecule has 2 aliphatic rings. The van der Waals surface area contributed by atoms with E-state index in [1.807, 2.05) is 11.8 Å². The molecule has 7 nitrogen and oxygen atoms in total. The predicted molar refractivity (Wildman–Crippen MR) is 104 cm³/mol. The fourth-order valence-electron chi connectivity index (χ4n) is 3.90. The van der Waals surface area contributed by atoms with Gasteiger partial charge in [0, 0.05) is 51.0 Å². The van der Waals surface area contributed by atoms with Gasteiger partial charge in [-0.1, -0.05) is 6.92 Å². The van der Waals surface area contributed by atoms with Crippen molar-refractivity contribution >= 4 is 17.7 Å². The van der Waals surface area contributed by atoms with Gasteiger partial charge in [0.1, 0.15) is 5.82 Å². The van der Waals surface area contributed by atoms with Gasteiger partial charge in [0.2, 0.25) is 5.95 Å². The van der Waals surface area contributed by atoms with Crippen molar-refractivity contribution in [2.24, 2.45) is 5.92 Å². The zero-order chi connectivity index (χ0) is 18.8. The van der Waals surface area contributed by atoms with E-state index in [1.165, 1.54) is 19.1 Å². The molecule has 0 aromatic carbocycles. The van der Waals surface area contributed by atoms with Crippen LogP contribution in [0.4, 0.5) is 11.8 Å². The van der Waals surface area contributed by atoms with Gasteiger partial charge in [-0.2, -0.15) is 4.98 Å². The van der Waals surface area contributed by atoms with Crippen molar-refractivity contribution in [3.05, 3.63) is 35.9 Å². The Hall–Kier alpha value is -2.57. The largest absolute Gasteiger partial charge is 0.459 e. The number of carbonyl (C=O) groups is 1. The summed E-state index contributed by atoms with van der Waals surface area (Å²) < 4.78 is 5.23. The normalized spacial score (nSPS) is 20.8. The number of hydrogen-bond acceptors (Lipinski definition) is 6. The molecule has 1 unspecified atom stereocenters. The number of hydrogen-bond donors (Lipinski definition) is 0. The second-order valence-electron chi connectivity index (χ2n) is 7.62. The predicted octanol–water partition coefficient (Wildman–Crippen LogP) is 2.58.